The topological polar surface area (TPSA) is 89.3 Å². The van der Waals surface area contributed by atoms with Crippen LogP contribution in [0.15, 0.2) is 41.3 Å². The Morgan fingerprint density at radius 1 is 1.14 bits per heavy atom. The molecule has 0 radical (unpaired) electrons. The van der Waals surface area contributed by atoms with E-state index in [0.717, 1.165) is 17.2 Å². The van der Waals surface area contributed by atoms with Crippen LogP contribution in [0.25, 0.3) is 0 Å². The molecule has 6 nitrogen and oxygen atoms in total. The molecule has 116 valence electrons. The number of sulfonamides is 1. The number of hydrogen-bond donors (Lipinski definition) is 1. The van der Waals surface area contributed by atoms with Crippen molar-refractivity contribution in [2.24, 2.45) is 0 Å². The molecule has 0 saturated carbocycles. The lowest BCUT2D eigenvalue weighted by Crippen LogP contribution is -2.14. The van der Waals surface area contributed by atoms with Crippen molar-refractivity contribution in [1.82, 2.24) is 0 Å². The number of rotatable bonds is 4. The molecule has 0 spiro atoms. The van der Waals surface area contributed by atoms with E-state index in [1.54, 1.807) is 19.1 Å². The van der Waals surface area contributed by atoms with Crippen molar-refractivity contribution in [3.63, 3.8) is 0 Å². The predicted octanol–water partition coefficient (Wildman–Crippen LogP) is 3.67. The lowest BCUT2D eigenvalue weighted by atomic mass is 10.1. The van der Waals surface area contributed by atoms with Crippen LogP contribution in [0, 0.1) is 24.0 Å². The SMILES string of the molecule is Cc1ccc(NS(=O)(=O)c2ccc(Cl)c([N+](=O)[O-])c2)c(C)c1. The second-order valence-electron chi connectivity index (χ2n) is 4.79. The lowest BCUT2D eigenvalue weighted by Gasteiger charge is -2.11. The van der Waals surface area contributed by atoms with Crippen LogP contribution in [-0.4, -0.2) is 13.3 Å². The molecule has 0 fully saturated rings. The largest absolute Gasteiger partial charge is 0.289 e. The quantitative estimate of drug-likeness (QED) is 0.679. The van der Waals surface area contributed by atoms with Crippen molar-refractivity contribution in [2.75, 3.05) is 4.72 Å². The molecule has 1 N–H and O–H groups in total. The molecular weight excluding hydrogens is 328 g/mol. The number of nitrogens with one attached hydrogen (secondary N) is 1. The maximum absolute atomic E-state index is 12.3. The van der Waals surface area contributed by atoms with Crippen LogP contribution >= 0.6 is 11.6 Å². The Morgan fingerprint density at radius 2 is 1.82 bits per heavy atom. The molecule has 2 rings (SSSR count). The van der Waals surface area contributed by atoms with Crippen molar-refractivity contribution >= 4 is 33.0 Å². The highest BCUT2D eigenvalue weighted by atomic mass is 35.5. The van der Waals surface area contributed by atoms with Crippen molar-refractivity contribution in [2.45, 2.75) is 18.7 Å². The van der Waals surface area contributed by atoms with Crippen LogP contribution in [0.5, 0.6) is 0 Å². The summed E-state index contributed by atoms with van der Waals surface area (Å²) in [6.07, 6.45) is 0. The van der Waals surface area contributed by atoms with Crippen molar-refractivity contribution < 1.29 is 13.3 Å². The number of nitro benzene ring substituents is 1. The van der Waals surface area contributed by atoms with Gasteiger partial charge in [-0.1, -0.05) is 29.3 Å². The van der Waals surface area contributed by atoms with Gasteiger partial charge in [-0.25, -0.2) is 8.42 Å². The number of halogens is 1. The summed E-state index contributed by atoms with van der Waals surface area (Å²) in [6, 6.07) is 8.61. The van der Waals surface area contributed by atoms with E-state index in [0.29, 0.717) is 5.69 Å². The van der Waals surface area contributed by atoms with E-state index < -0.39 is 20.6 Å². The van der Waals surface area contributed by atoms with E-state index in [2.05, 4.69) is 4.72 Å². The van der Waals surface area contributed by atoms with Crippen molar-refractivity contribution in [1.29, 1.82) is 0 Å². The molecule has 2 aromatic rings. The number of aryl methyl sites for hydroxylation is 2. The monoisotopic (exact) mass is 340 g/mol. The first-order chi connectivity index (χ1) is 10.2. The number of hydrogen-bond acceptors (Lipinski definition) is 4. The Labute approximate surface area is 132 Å². The minimum absolute atomic E-state index is 0.115. The summed E-state index contributed by atoms with van der Waals surface area (Å²) >= 11 is 5.69. The smallest absolute Gasteiger partial charge is 0.279 e. The Balaban J connectivity index is 2.42. The lowest BCUT2D eigenvalue weighted by molar-refractivity contribution is -0.384. The zero-order chi connectivity index (χ0) is 16.5. The van der Waals surface area contributed by atoms with Gasteiger partial charge < -0.3 is 0 Å². The average Bonchev–Trinajstić information content (AvgIpc) is 2.42. The highest BCUT2D eigenvalue weighted by Crippen LogP contribution is 2.28. The average molecular weight is 341 g/mol. The van der Waals surface area contributed by atoms with Gasteiger partial charge in [-0.15, -0.1) is 0 Å². The third-order valence-corrected chi connectivity index (χ3v) is 4.73. The van der Waals surface area contributed by atoms with Gasteiger partial charge >= 0.3 is 0 Å². The van der Waals surface area contributed by atoms with Gasteiger partial charge in [0.05, 0.1) is 15.5 Å². The molecule has 0 aliphatic rings. The van der Waals surface area contributed by atoms with E-state index in [-0.39, 0.29) is 9.92 Å². The molecule has 8 heteroatoms. The van der Waals surface area contributed by atoms with E-state index >= 15 is 0 Å². The number of benzene rings is 2. The van der Waals surface area contributed by atoms with Crippen LogP contribution in [0.4, 0.5) is 11.4 Å². The summed E-state index contributed by atoms with van der Waals surface area (Å²) in [6.45, 7) is 3.67. The molecule has 0 saturated heterocycles. The van der Waals surface area contributed by atoms with Crippen molar-refractivity contribution in [3.8, 4) is 0 Å². The van der Waals surface area contributed by atoms with Crippen molar-refractivity contribution in [3.05, 3.63) is 62.7 Å². The molecule has 0 bridgehead atoms. The van der Waals surface area contributed by atoms with Crippen LogP contribution in [-0.2, 0) is 10.0 Å². The molecule has 0 aromatic heterocycles. The highest BCUT2D eigenvalue weighted by molar-refractivity contribution is 7.92. The van der Waals surface area contributed by atoms with E-state index in [1.165, 1.54) is 12.1 Å². The minimum atomic E-state index is -3.93. The standard InChI is InChI=1S/C14H13ClN2O4S/c1-9-3-6-13(10(2)7-9)16-22(20,21)11-4-5-12(15)14(8-11)17(18)19/h3-8,16H,1-2H3. The number of nitro groups is 1. The number of anilines is 1. The maximum Gasteiger partial charge on any atom is 0.289 e. The Morgan fingerprint density at radius 3 is 2.41 bits per heavy atom. The third-order valence-electron chi connectivity index (χ3n) is 3.05. The van der Waals surface area contributed by atoms with E-state index in [9.17, 15) is 18.5 Å². The summed E-state index contributed by atoms with van der Waals surface area (Å²) in [7, 11) is -3.93. The summed E-state index contributed by atoms with van der Waals surface area (Å²) in [5, 5.41) is 10.7. The zero-order valence-electron chi connectivity index (χ0n) is 11.8. The Bertz CT molecular complexity index is 850. The van der Waals surface area contributed by atoms with Gasteiger partial charge in [0.15, 0.2) is 0 Å². The molecule has 0 atom stereocenters. The summed E-state index contributed by atoms with van der Waals surface area (Å²) < 4.78 is 27.1. The molecule has 22 heavy (non-hydrogen) atoms. The van der Waals surface area contributed by atoms with Gasteiger partial charge in [0.25, 0.3) is 15.7 Å². The fourth-order valence-electron chi connectivity index (χ4n) is 1.93. The molecule has 0 aliphatic heterocycles. The summed E-state index contributed by atoms with van der Waals surface area (Å²) in [5.74, 6) is 0. The first-order valence-corrected chi connectivity index (χ1v) is 8.11. The van der Waals surface area contributed by atoms with Gasteiger partial charge in [-0.05, 0) is 37.6 Å². The maximum atomic E-state index is 12.3. The molecule has 0 amide bonds. The van der Waals surface area contributed by atoms with Crippen LogP contribution in [0.1, 0.15) is 11.1 Å². The molecule has 2 aromatic carbocycles. The third kappa shape index (κ3) is 3.37. The molecule has 0 aliphatic carbocycles. The predicted molar refractivity (Wildman–Crippen MR) is 84.8 cm³/mol. The van der Waals surface area contributed by atoms with Gasteiger partial charge in [0.2, 0.25) is 0 Å². The van der Waals surface area contributed by atoms with Crippen LogP contribution in [0.2, 0.25) is 5.02 Å². The van der Waals surface area contributed by atoms with Crippen LogP contribution < -0.4 is 4.72 Å². The highest BCUT2D eigenvalue weighted by Gasteiger charge is 2.21. The van der Waals surface area contributed by atoms with Crippen LogP contribution in [0.3, 0.4) is 0 Å². The Kier molecular flexibility index (Phi) is 4.39. The van der Waals surface area contributed by atoms with E-state index in [1.807, 2.05) is 13.0 Å². The van der Waals surface area contributed by atoms with E-state index in [4.69, 9.17) is 11.6 Å². The first-order valence-electron chi connectivity index (χ1n) is 6.25. The summed E-state index contributed by atoms with van der Waals surface area (Å²) in [4.78, 5) is 9.91. The van der Waals surface area contributed by atoms with Gasteiger partial charge in [-0.3, -0.25) is 14.8 Å². The molecular formula is C14H13ClN2O4S. The normalized spacial score (nSPS) is 11.2. The Hall–Kier alpha value is -2.12. The van der Waals surface area contributed by atoms with Gasteiger partial charge in [0.1, 0.15) is 5.02 Å². The first kappa shape index (κ1) is 16.3. The summed E-state index contributed by atoms with van der Waals surface area (Å²) in [5.41, 5.74) is 1.72. The van der Waals surface area contributed by atoms with Gasteiger partial charge in [-0.2, -0.15) is 0 Å². The molecule has 0 heterocycles. The molecule has 0 unspecified atom stereocenters. The second kappa shape index (κ2) is 5.94. The zero-order valence-corrected chi connectivity index (χ0v) is 13.4. The second-order valence-corrected chi connectivity index (χ2v) is 6.88. The fraction of sp³-hybridized carbons (Fsp3) is 0.143. The minimum Gasteiger partial charge on any atom is -0.279 e. The number of nitrogens with zero attached hydrogens (tertiary/aromatic N) is 1. The fourth-order valence-corrected chi connectivity index (χ4v) is 3.27. The van der Waals surface area contributed by atoms with Gasteiger partial charge in [0, 0.05) is 6.07 Å².